The molecule has 1 saturated carbocycles. The Morgan fingerprint density at radius 1 is 1.29 bits per heavy atom. The Morgan fingerprint density at radius 2 is 1.95 bits per heavy atom. The second-order valence-corrected chi connectivity index (χ2v) is 5.86. The van der Waals surface area contributed by atoms with Gasteiger partial charge in [0.05, 0.1) is 0 Å². The van der Waals surface area contributed by atoms with Crippen LogP contribution in [0.5, 0.6) is 0 Å². The highest BCUT2D eigenvalue weighted by Crippen LogP contribution is 2.30. The van der Waals surface area contributed by atoms with Crippen molar-refractivity contribution in [2.75, 3.05) is 0 Å². The molecule has 0 heterocycles. The lowest BCUT2D eigenvalue weighted by molar-refractivity contribution is -0.150. The number of rotatable bonds is 7. The molecule has 4 nitrogen and oxygen atoms in total. The largest absolute Gasteiger partial charge is 0.480 e. The van der Waals surface area contributed by atoms with Crippen LogP contribution in [0.4, 0.5) is 0 Å². The van der Waals surface area contributed by atoms with Gasteiger partial charge in [-0.3, -0.25) is 4.79 Å². The van der Waals surface area contributed by atoms with Gasteiger partial charge < -0.3 is 10.0 Å². The topological polar surface area (TPSA) is 57.6 Å². The summed E-state index contributed by atoms with van der Waals surface area (Å²) in [6.45, 7) is 1.93. The summed E-state index contributed by atoms with van der Waals surface area (Å²) in [6.07, 6.45) is 5.02. The van der Waals surface area contributed by atoms with Crippen LogP contribution >= 0.6 is 0 Å². The molecule has 1 N–H and O–H groups in total. The molecule has 21 heavy (non-hydrogen) atoms. The summed E-state index contributed by atoms with van der Waals surface area (Å²) in [5.41, 5.74) is 0.961. The first-order valence-electron chi connectivity index (χ1n) is 7.64. The lowest BCUT2D eigenvalue weighted by atomic mass is 9.82. The second kappa shape index (κ2) is 7.25. The van der Waals surface area contributed by atoms with Crippen molar-refractivity contribution in [1.82, 2.24) is 4.90 Å². The van der Waals surface area contributed by atoms with Crippen LogP contribution in [0.1, 0.15) is 44.6 Å². The highest BCUT2D eigenvalue weighted by atomic mass is 16.4. The van der Waals surface area contributed by atoms with E-state index in [2.05, 4.69) is 0 Å². The molecule has 0 aromatic heterocycles. The van der Waals surface area contributed by atoms with E-state index in [1.54, 1.807) is 6.92 Å². The molecule has 114 valence electrons. The number of aliphatic carboxylic acids is 1. The van der Waals surface area contributed by atoms with E-state index < -0.39 is 12.0 Å². The van der Waals surface area contributed by atoms with Gasteiger partial charge in [-0.05, 0) is 24.8 Å². The number of carbonyl (C=O) groups is 2. The Bertz CT molecular complexity index is 482. The number of hydrogen-bond donors (Lipinski definition) is 1. The van der Waals surface area contributed by atoms with Gasteiger partial charge in [0.2, 0.25) is 5.91 Å². The molecule has 1 unspecified atom stereocenters. The second-order valence-electron chi connectivity index (χ2n) is 5.86. The molecule has 1 aromatic rings. The van der Waals surface area contributed by atoms with Crippen molar-refractivity contribution in [2.45, 2.75) is 51.6 Å². The summed E-state index contributed by atoms with van der Waals surface area (Å²) >= 11 is 0. The van der Waals surface area contributed by atoms with Gasteiger partial charge in [0, 0.05) is 13.0 Å². The van der Waals surface area contributed by atoms with Crippen molar-refractivity contribution >= 4 is 11.9 Å². The van der Waals surface area contributed by atoms with Gasteiger partial charge in [0.15, 0.2) is 0 Å². The van der Waals surface area contributed by atoms with Crippen molar-refractivity contribution in [3.05, 3.63) is 35.9 Å². The zero-order chi connectivity index (χ0) is 15.2. The lowest BCUT2D eigenvalue weighted by Gasteiger charge is -2.29. The summed E-state index contributed by atoms with van der Waals surface area (Å²) in [5, 5.41) is 9.22. The maximum Gasteiger partial charge on any atom is 0.326 e. The summed E-state index contributed by atoms with van der Waals surface area (Å²) in [7, 11) is 0. The summed E-state index contributed by atoms with van der Waals surface area (Å²) < 4.78 is 0. The molecule has 1 fully saturated rings. The molecular formula is C17H23NO3. The van der Waals surface area contributed by atoms with Crippen LogP contribution in [0.3, 0.4) is 0 Å². The standard InChI is InChI=1S/C17H23NO3/c1-13(17(20)21)18(12-15-6-3-2-4-7-15)16(19)11-10-14-8-5-9-14/h2-4,6-7,13-14H,5,8-12H2,1H3,(H,20,21). The normalized spacial score (nSPS) is 16.0. The molecule has 1 aliphatic rings. The number of nitrogens with zero attached hydrogens (tertiary/aromatic N) is 1. The van der Waals surface area contributed by atoms with Gasteiger partial charge in [-0.2, -0.15) is 0 Å². The Kier molecular flexibility index (Phi) is 5.37. The minimum absolute atomic E-state index is 0.0550. The summed E-state index contributed by atoms with van der Waals surface area (Å²) in [5.74, 6) is -0.351. The van der Waals surface area contributed by atoms with E-state index in [-0.39, 0.29) is 5.91 Å². The Morgan fingerprint density at radius 3 is 2.48 bits per heavy atom. The maximum atomic E-state index is 12.4. The maximum absolute atomic E-state index is 12.4. The average Bonchev–Trinajstić information content (AvgIpc) is 2.43. The third-order valence-corrected chi connectivity index (χ3v) is 4.33. The summed E-state index contributed by atoms with van der Waals surface area (Å²) in [6, 6.07) is 8.75. The fraction of sp³-hybridized carbons (Fsp3) is 0.529. The van der Waals surface area contributed by atoms with Crippen molar-refractivity contribution in [1.29, 1.82) is 0 Å². The Balaban J connectivity index is 2.00. The molecular weight excluding hydrogens is 266 g/mol. The zero-order valence-corrected chi connectivity index (χ0v) is 12.5. The van der Waals surface area contributed by atoms with Crippen LogP contribution in [0.2, 0.25) is 0 Å². The van der Waals surface area contributed by atoms with Gasteiger partial charge in [0.1, 0.15) is 6.04 Å². The Hall–Kier alpha value is -1.84. The quantitative estimate of drug-likeness (QED) is 0.839. The number of carbonyl (C=O) groups excluding carboxylic acids is 1. The minimum Gasteiger partial charge on any atom is -0.480 e. The molecule has 1 atom stereocenters. The first kappa shape index (κ1) is 15.5. The number of amides is 1. The van der Waals surface area contributed by atoms with E-state index in [0.717, 1.165) is 12.0 Å². The molecule has 0 radical (unpaired) electrons. The monoisotopic (exact) mass is 289 g/mol. The highest BCUT2D eigenvalue weighted by Gasteiger charge is 2.27. The molecule has 2 rings (SSSR count). The lowest BCUT2D eigenvalue weighted by Crippen LogP contribution is -2.42. The van der Waals surface area contributed by atoms with Crippen LogP contribution < -0.4 is 0 Å². The average molecular weight is 289 g/mol. The zero-order valence-electron chi connectivity index (χ0n) is 12.5. The van der Waals surface area contributed by atoms with E-state index in [1.807, 2.05) is 30.3 Å². The summed E-state index contributed by atoms with van der Waals surface area (Å²) in [4.78, 5) is 25.1. The van der Waals surface area contributed by atoms with Crippen LogP contribution in [0.25, 0.3) is 0 Å². The van der Waals surface area contributed by atoms with Gasteiger partial charge in [-0.1, -0.05) is 49.6 Å². The smallest absolute Gasteiger partial charge is 0.326 e. The van der Waals surface area contributed by atoms with Gasteiger partial charge in [-0.25, -0.2) is 4.79 Å². The van der Waals surface area contributed by atoms with Crippen molar-refractivity contribution in [2.24, 2.45) is 5.92 Å². The van der Waals surface area contributed by atoms with Crippen molar-refractivity contribution < 1.29 is 14.7 Å². The number of carboxylic acids is 1. The first-order valence-corrected chi connectivity index (χ1v) is 7.64. The first-order chi connectivity index (χ1) is 10.1. The minimum atomic E-state index is -0.956. The number of carboxylic acid groups (broad SMARTS) is 1. The van der Waals surface area contributed by atoms with Crippen LogP contribution in [0, 0.1) is 5.92 Å². The van der Waals surface area contributed by atoms with Crippen molar-refractivity contribution in [3.63, 3.8) is 0 Å². The van der Waals surface area contributed by atoms with E-state index in [9.17, 15) is 14.7 Å². The third-order valence-electron chi connectivity index (χ3n) is 4.33. The molecule has 4 heteroatoms. The van der Waals surface area contributed by atoms with E-state index in [4.69, 9.17) is 0 Å². The van der Waals surface area contributed by atoms with E-state index >= 15 is 0 Å². The highest BCUT2D eigenvalue weighted by molar-refractivity contribution is 5.83. The third kappa shape index (κ3) is 4.31. The molecule has 0 aliphatic heterocycles. The number of benzene rings is 1. The van der Waals surface area contributed by atoms with Gasteiger partial charge in [-0.15, -0.1) is 0 Å². The molecule has 0 saturated heterocycles. The molecule has 1 aromatic carbocycles. The van der Waals surface area contributed by atoms with Gasteiger partial charge >= 0.3 is 5.97 Å². The molecule has 0 bridgehead atoms. The molecule has 1 amide bonds. The SMILES string of the molecule is CC(C(=O)O)N(Cc1ccccc1)C(=O)CCC1CCC1. The van der Waals surface area contributed by atoms with Crippen LogP contribution in [-0.2, 0) is 16.1 Å². The van der Waals surface area contributed by atoms with Gasteiger partial charge in [0.25, 0.3) is 0 Å². The van der Waals surface area contributed by atoms with Crippen LogP contribution in [0.15, 0.2) is 30.3 Å². The predicted molar refractivity (Wildman–Crippen MR) is 80.7 cm³/mol. The molecule has 0 spiro atoms. The Labute approximate surface area is 125 Å². The van der Waals surface area contributed by atoms with Crippen molar-refractivity contribution in [3.8, 4) is 0 Å². The predicted octanol–water partition coefficient (Wildman–Crippen LogP) is 3.07. The fourth-order valence-corrected chi connectivity index (χ4v) is 2.61. The van der Waals surface area contributed by atoms with Crippen LogP contribution in [-0.4, -0.2) is 27.9 Å². The van der Waals surface area contributed by atoms with E-state index in [0.29, 0.717) is 18.9 Å². The molecule has 1 aliphatic carbocycles. The van der Waals surface area contributed by atoms with E-state index in [1.165, 1.54) is 24.2 Å². The fourth-order valence-electron chi connectivity index (χ4n) is 2.61. The number of hydrogen-bond acceptors (Lipinski definition) is 2.